The summed E-state index contributed by atoms with van der Waals surface area (Å²) in [5.41, 5.74) is -0.178. The first kappa shape index (κ1) is 18.0. The molecule has 0 unspecified atom stereocenters. The molecule has 0 aromatic heterocycles. The van der Waals surface area contributed by atoms with Gasteiger partial charge in [0.25, 0.3) is 0 Å². The highest BCUT2D eigenvalue weighted by atomic mass is 16.5. The van der Waals surface area contributed by atoms with Crippen molar-refractivity contribution in [2.75, 3.05) is 6.61 Å². The standard InChI is InChI=1S/C17H31NO3/c1-7-10-13(8-2)14(16(19)20-9-3)15-18-17(5,6)11-12(4)21-15/h12-14H,7-11H2,1-6H3/t12-,13-,14+/m0/s1. The van der Waals surface area contributed by atoms with Gasteiger partial charge in [-0.25, -0.2) is 4.99 Å². The third kappa shape index (κ3) is 5.01. The van der Waals surface area contributed by atoms with Gasteiger partial charge in [0, 0.05) is 6.42 Å². The Morgan fingerprint density at radius 2 is 2.10 bits per heavy atom. The van der Waals surface area contributed by atoms with Crippen LogP contribution in [-0.2, 0) is 14.3 Å². The Bertz CT molecular complexity index is 376. The van der Waals surface area contributed by atoms with E-state index in [9.17, 15) is 4.79 Å². The molecule has 0 amide bonds. The Balaban J connectivity index is 3.10. The zero-order chi connectivity index (χ0) is 16.0. The molecule has 0 spiro atoms. The molecule has 1 rings (SSSR count). The zero-order valence-electron chi connectivity index (χ0n) is 14.4. The fraction of sp³-hybridized carbons (Fsp3) is 0.882. The van der Waals surface area contributed by atoms with Gasteiger partial charge in [-0.2, -0.15) is 0 Å². The van der Waals surface area contributed by atoms with Crippen LogP contribution in [0.2, 0.25) is 0 Å². The van der Waals surface area contributed by atoms with Gasteiger partial charge < -0.3 is 9.47 Å². The molecule has 0 saturated carbocycles. The molecule has 0 fully saturated rings. The molecule has 1 aliphatic rings. The summed E-state index contributed by atoms with van der Waals surface area (Å²) in [6.07, 6.45) is 3.91. The van der Waals surface area contributed by atoms with Crippen molar-refractivity contribution in [3.8, 4) is 0 Å². The van der Waals surface area contributed by atoms with Crippen molar-refractivity contribution in [2.45, 2.75) is 78.9 Å². The molecular formula is C17H31NO3. The lowest BCUT2D eigenvalue weighted by molar-refractivity contribution is -0.148. The first-order chi connectivity index (χ1) is 9.84. The number of esters is 1. The fourth-order valence-electron chi connectivity index (χ4n) is 3.17. The van der Waals surface area contributed by atoms with Crippen LogP contribution in [0.3, 0.4) is 0 Å². The van der Waals surface area contributed by atoms with Crippen molar-refractivity contribution < 1.29 is 14.3 Å². The van der Waals surface area contributed by atoms with Gasteiger partial charge in [-0.1, -0.05) is 26.7 Å². The van der Waals surface area contributed by atoms with Crippen molar-refractivity contribution >= 4 is 11.9 Å². The van der Waals surface area contributed by atoms with E-state index in [1.54, 1.807) is 0 Å². The molecular weight excluding hydrogens is 266 g/mol. The number of carbonyl (C=O) groups excluding carboxylic acids is 1. The van der Waals surface area contributed by atoms with Crippen molar-refractivity contribution in [1.29, 1.82) is 0 Å². The summed E-state index contributed by atoms with van der Waals surface area (Å²) in [4.78, 5) is 17.2. The molecule has 4 heteroatoms. The number of carbonyl (C=O) groups is 1. The van der Waals surface area contributed by atoms with E-state index in [4.69, 9.17) is 14.5 Å². The van der Waals surface area contributed by atoms with Crippen molar-refractivity contribution in [1.82, 2.24) is 0 Å². The van der Waals surface area contributed by atoms with Gasteiger partial charge >= 0.3 is 5.97 Å². The minimum absolute atomic E-state index is 0.0866. The van der Waals surface area contributed by atoms with Crippen LogP contribution in [0.25, 0.3) is 0 Å². The van der Waals surface area contributed by atoms with Crippen LogP contribution in [-0.4, -0.2) is 30.1 Å². The Morgan fingerprint density at radius 1 is 1.43 bits per heavy atom. The Kier molecular flexibility index (Phi) is 6.69. The van der Waals surface area contributed by atoms with Crippen molar-refractivity contribution in [3.05, 3.63) is 0 Å². The molecule has 0 radical (unpaired) electrons. The number of rotatable bonds is 7. The van der Waals surface area contributed by atoms with E-state index >= 15 is 0 Å². The van der Waals surface area contributed by atoms with Gasteiger partial charge in [0.2, 0.25) is 0 Å². The number of hydrogen-bond donors (Lipinski definition) is 0. The largest absolute Gasteiger partial charge is 0.477 e. The summed E-state index contributed by atoms with van der Waals surface area (Å²) in [5, 5.41) is 0. The molecule has 1 heterocycles. The third-order valence-corrected chi connectivity index (χ3v) is 3.98. The average molecular weight is 297 g/mol. The molecule has 0 N–H and O–H groups in total. The number of aliphatic imine (C=N–C) groups is 1. The Hall–Kier alpha value is -1.06. The van der Waals surface area contributed by atoms with Crippen molar-refractivity contribution in [2.24, 2.45) is 16.8 Å². The molecule has 122 valence electrons. The van der Waals surface area contributed by atoms with Crippen LogP contribution in [0.5, 0.6) is 0 Å². The van der Waals surface area contributed by atoms with Crippen LogP contribution in [0.1, 0.15) is 67.2 Å². The SMILES string of the molecule is CCC[C@H](CC)[C@@H](C(=O)OCC)C1=NC(C)(C)C[C@H](C)O1. The highest BCUT2D eigenvalue weighted by molar-refractivity contribution is 5.98. The maximum absolute atomic E-state index is 12.5. The van der Waals surface area contributed by atoms with Crippen molar-refractivity contribution in [3.63, 3.8) is 0 Å². The average Bonchev–Trinajstić information content (AvgIpc) is 2.36. The predicted molar refractivity (Wildman–Crippen MR) is 85.5 cm³/mol. The van der Waals surface area contributed by atoms with Crippen LogP contribution < -0.4 is 0 Å². The molecule has 0 bridgehead atoms. The zero-order valence-corrected chi connectivity index (χ0v) is 14.4. The van der Waals surface area contributed by atoms with Gasteiger partial charge in [0.15, 0.2) is 5.90 Å². The summed E-state index contributed by atoms with van der Waals surface area (Å²) in [6, 6.07) is 0. The maximum atomic E-state index is 12.5. The van der Waals surface area contributed by atoms with Gasteiger partial charge in [0.1, 0.15) is 5.92 Å². The predicted octanol–water partition coefficient (Wildman–Crippen LogP) is 3.98. The Labute approximate surface area is 129 Å². The maximum Gasteiger partial charge on any atom is 0.318 e. The van der Waals surface area contributed by atoms with E-state index in [1.165, 1.54) is 0 Å². The highest BCUT2D eigenvalue weighted by Crippen LogP contribution is 2.31. The van der Waals surface area contributed by atoms with E-state index in [1.807, 2.05) is 13.8 Å². The first-order valence-electron chi connectivity index (χ1n) is 8.27. The second-order valence-corrected chi connectivity index (χ2v) is 6.58. The molecule has 21 heavy (non-hydrogen) atoms. The summed E-state index contributed by atoms with van der Waals surface area (Å²) in [5.74, 6) is 0.254. The van der Waals surface area contributed by atoms with E-state index < -0.39 is 0 Å². The summed E-state index contributed by atoms with van der Waals surface area (Å²) in [6.45, 7) is 12.7. The number of nitrogens with zero attached hydrogens (tertiary/aromatic N) is 1. The molecule has 3 atom stereocenters. The lowest BCUT2D eigenvalue weighted by atomic mass is 9.84. The first-order valence-corrected chi connectivity index (χ1v) is 8.27. The molecule has 0 saturated heterocycles. The van der Waals surface area contributed by atoms with Gasteiger partial charge in [-0.15, -0.1) is 0 Å². The third-order valence-electron chi connectivity index (χ3n) is 3.98. The lowest BCUT2D eigenvalue weighted by Crippen LogP contribution is -2.42. The van der Waals surface area contributed by atoms with Crippen LogP contribution in [0.4, 0.5) is 0 Å². The van der Waals surface area contributed by atoms with Crippen LogP contribution in [0, 0.1) is 11.8 Å². The summed E-state index contributed by atoms with van der Waals surface area (Å²) >= 11 is 0. The minimum Gasteiger partial charge on any atom is -0.477 e. The van der Waals surface area contributed by atoms with E-state index in [2.05, 4.69) is 27.7 Å². The summed E-state index contributed by atoms with van der Waals surface area (Å²) in [7, 11) is 0. The summed E-state index contributed by atoms with van der Waals surface area (Å²) < 4.78 is 11.2. The molecule has 4 nitrogen and oxygen atoms in total. The van der Waals surface area contributed by atoms with Gasteiger partial charge in [-0.05, 0) is 40.0 Å². The number of hydrogen-bond acceptors (Lipinski definition) is 4. The highest BCUT2D eigenvalue weighted by Gasteiger charge is 2.39. The quantitative estimate of drug-likeness (QED) is 0.668. The van der Waals surface area contributed by atoms with E-state index in [0.29, 0.717) is 12.5 Å². The minimum atomic E-state index is -0.364. The lowest BCUT2D eigenvalue weighted by Gasteiger charge is -2.35. The monoisotopic (exact) mass is 297 g/mol. The second-order valence-electron chi connectivity index (χ2n) is 6.58. The smallest absolute Gasteiger partial charge is 0.318 e. The van der Waals surface area contributed by atoms with E-state index in [0.717, 1.165) is 25.7 Å². The van der Waals surface area contributed by atoms with Crippen LogP contribution >= 0.6 is 0 Å². The molecule has 1 aliphatic heterocycles. The Morgan fingerprint density at radius 3 is 2.57 bits per heavy atom. The van der Waals surface area contributed by atoms with Gasteiger partial charge in [0.05, 0.1) is 18.2 Å². The normalized spacial score (nSPS) is 23.7. The molecule has 0 aliphatic carbocycles. The topological polar surface area (TPSA) is 47.9 Å². The van der Waals surface area contributed by atoms with Gasteiger partial charge in [-0.3, -0.25) is 4.79 Å². The van der Waals surface area contributed by atoms with E-state index in [-0.39, 0.29) is 29.4 Å². The fourth-order valence-corrected chi connectivity index (χ4v) is 3.17. The number of ether oxygens (including phenoxy) is 2. The van der Waals surface area contributed by atoms with Crippen LogP contribution in [0.15, 0.2) is 4.99 Å². The molecule has 0 aromatic rings. The molecule has 0 aromatic carbocycles. The second kappa shape index (κ2) is 7.81.